The molecule has 9 amide bonds. The zero-order valence-corrected chi connectivity index (χ0v) is 27.3. The number of rotatable bonds is 21. The predicted molar refractivity (Wildman–Crippen MR) is 165 cm³/mol. The van der Waals surface area contributed by atoms with Crippen LogP contribution in [0, 0.1) is 11.8 Å². The molecule has 0 radical (unpaired) electrons. The molecule has 0 aromatic heterocycles. The number of nitrogens with one attached hydrogen (secondary N) is 5. The van der Waals surface area contributed by atoms with Crippen LogP contribution < -0.4 is 26.6 Å². The van der Waals surface area contributed by atoms with Crippen molar-refractivity contribution in [2.24, 2.45) is 11.8 Å². The minimum atomic E-state index is -0.843. The number of nitrogens with zero attached hydrogens (tertiary/aromatic N) is 2. The van der Waals surface area contributed by atoms with Crippen LogP contribution in [0.15, 0.2) is 0 Å². The number of carbonyl (C=O) groups excluding carboxylic acids is 9. The van der Waals surface area contributed by atoms with Gasteiger partial charge in [0.25, 0.3) is 0 Å². The van der Waals surface area contributed by atoms with E-state index in [-0.39, 0.29) is 126 Å². The molecule has 47 heavy (non-hydrogen) atoms. The van der Waals surface area contributed by atoms with Crippen LogP contribution in [0.2, 0.25) is 0 Å². The molecule has 2 unspecified atom stereocenters. The zero-order chi connectivity index (χ0) is 34.9. The molecule has 17 nitrogen and oxygen atoms in total. The van der Waals surface area contributed by atoms with Crippen molar-refractivity contribution in [3.05, 3.63) is 0 Å². The molecule has 2 aliphatic heterocycles. The highest BCUT2D eigenvalue weighted by atomic mass is 16.5. The van der Waals surface area contributed by atoms with Crippen molar-refractivity contribution in [3.63, 3.8) is 0 Å². The lowest BCUT2D eigenvalue weighted by atomic mass is 10.1. The summed E-state index contributed by atoms with van der Waals surface area (Å²) in [7, 11) is 0. The van der Waals surface area contributed by atoms with Crippen molar-refractivity contribution in [3.8, 4) is 0 Å². The van der Waals surface area contributed by atoms with E-state index in [9.17, 15) is 43.2 Å². The molecular weight excluding hydrogens is 618 g/mol. The quantitative estimate of drug-likeness (QED) is 0.0651. The first-order chi connectivity index (χ1) is 22.3. The van der Waals surface area contributed by atoms with Crippen LogP contribution in [0.3, 0.4) is 0 Å². The fourth-order valence-electron chi connectivity index (χ4n) is 4.95. The summed E-state index contributed by atoms with van der Waals surface area (Å²) in [5.74, 6) is -4.11. The number of ether oxygens (including phenoxy) is 1. The second kappa shape index (κ2) is 20.0. The summed E-state index contributed by atoms with van der Waals surface area (Å²) in [6, 6.07) is -0.843. The lowest BCUT2D eigenvalue weighted by Crippen LogP contribution is -2.44. The van der Waals surface area contributed by atoms with Crippen LogP contribution in [0.25, 0.3) is 0 Å². The summed E-state index contributed by atoms with van der Waals surface area (Å²) in [5.41, 5.74) is 0. The Morgan fingerprint density at radius 3 is 1.43 bits per heavy atom. The van der Waals surface area contributed by atoms with E-state index in [4.69, 9.17) is 4.74 Å². The second-order valence-electron chi connectivity index (χ2n) is 11.5. The van der Waals surface area contributed by atoms with E-state index in [1.807, 2.05) is 0 Å². The highest BCUT2D eigenvalue weighted by Crippen LogP contribution is 2.19. The summed E-state index contributed by atoms with van der Waals surface area (Å²) < 4.78 is 5.18. The Bertz CT molecular complexity index is 1120. The van der Waals surface area contributed by atoms with Gasteiger partial charge in [-0.3, -0.25) is 53.0 Å². The second-order valence-corrected chi connectivity index (χ2v) is 11.5. The number of hydrogen-bond acceptors (Lipinski definition) is 10. The molecule has 2 aliphatic rings. The van der Waals surface area contributed by atoms with Crippen LogP contribution >= 0.6 is 0 Å². The maximum atomic E-state index is 12.6. The van der Waals surface area contributed by atoms with Gasteiger partial charge in [-0.15, -0.1) is 0 Å². The summed E-state index contributed by atoms with van der Waals surface area (Å²) in [5, 5.41) is 13.1. The maximum Gasteiger partial charge on any atom is 0.232 e. The Morgan fingerprint density at radius 1 is 0.660 bits per heavy atom. The zero-order valence-electron chi connectivity index (χ0n) is 27.3. The van der Waals surface area contributed by atoms with E-state index in [0.29, 0.717) is 6.61 Å². The Labute approximate surface area is 273 Å². The Morgan fingerprint density at radius 2 is 1.06 bits per heavy atom. The van der Waals surface area contributed by atoms with E-state index < -0.39 is 35.6 Å². The number of amides is 9. The third-order valence-electron chi connectivity index (χ3n) is 7.51. The molecule has 2 atom stereocenters. The highest BCUT2D eigenvalue weighted by molar-refractivity contribution is 6.04. The van der Waals surface area contributed by atoms with Gasteiger partial charge in [0.1, 0.15) is 0 Å². The van der Waals surface area contributed by atoms with Crippen molar-refractivity contribution in [1.29, 1.82) is 0 Å². The molecule has 0 spiro atoms. The van der Waals surface area contributed by atoms with E-state index in [0.717, 1.165) is 9.80 Å². The third kappa shape index (κ3) is 13.9. The molecule has 2 fully saturated rings. The Balaban J connectivity index is 1.71. The largest absolute Gasteiger partial charge is 0.381 e. The normalized spacial score (nSPS) is 18.3. The van der Waals surface area contributed by atoms with Crippen LogP contribution in [0.1, 0.15) is 65.7 Å². The van der Waals surface area contributed by atoms with Crippen molar-refractivity contribution in [1.82, 2.24) is 36.4 Å². The van der Waals surface area contributed by atoms with Crippen molar-refractivity contribution in [2.75, 3.05) is 52.5 Å². The van der Waals surface area contributed by atoms with Gasteiger partial charge in [-0.05, 0) is 6.92 Å². The molecule has 0 saturated carbocycles. The van der Waals surface area contributed by atoms with E-state index in [1.165, 1.54) is 0 Å². The molecule has 262 valence electrons. The number of imide groups is 2. The topological polar surface area (TPSA) is 229 Å². The first-order valence-electron chi connectivity index (χ1n) is 15.9. The van der Waals surface area contributed by atoms with Crippen molar-refractivity contribution >= 4 is 53.2 Å². The average molecular weight is 666 g/mol. The first kappa shape index (κ1) is 38.8. The fraction of sp³-hybridized carbons (Fsp3) is 0.700. The Hall–Kier alpha value is -4.41. The molecule has 0 aromatic rings. The minimum Gasteiger partial charge on any atom is -0.381 e. The van der Waals surface area contributed by atoms with Crippen molar-refractivity contribution < 1.29 is 47.9 Å². The molecule has 0 aliphatic carbocycles. The molecule has 2 rings (SSSR count). The van der Waals surface area contributed by atoms with Gasteiger partial charge in [0, 0.05) is 109 Å². The molecule has 0 bridgehead atoms. The standard InChI is InChI=1S/C30H47N7O10/c1-4-47-14-7-24(40)35-21(17-25(41)33-10-8-31-22(38)5-12-36-27(43)15-19(2)29(36)45)18-26(42)34-11-9-32-23(39)6-13-37-28(44)16-20(3)30(37)46/h19-21H,4-18H2,1-3H3,(H,31,38)(H,32,39)(H,33,41)(H,34,42)(H,35,40). The van der Waals surface area contributed by atoms with Gasteiger partial charge in [0.15, 0.2) is 0 Å². The van der Waals surface area contributed by atoms with Crippen LogP contribution in [-0.2, 0) is 47.9 Å². The van der Waals surface area contributed by atoms with Crippen LogP contribution in [-0.4, -0.2) is 121 Å². The number of hydrogen-bond donors (Lipinski definition) is 5. The maximum absolute atomic E-state index is 12.6. The van der Waals surface area contributed by atoms with Gasteiger partial charge in [-0.1, -0.05) is 13.8 Å². The van der Waals surface area contributed by atoms with E-state index in [2.05, 4.69) is 26.6 Å². The summed E-state index contributed by atoms with van der Waals surface area (Å²) in [4.78, 5) is 111. The summed E-state index contributed by atoms with van der Waals surface area (Å²) in [6.07, 6.45) is -0.264. The first-order valence-corrected chi connectivity index (χ1v) is 15.9. The van der Waals surface area contributed by atoms with Gasteiger partial charge in [0.05, 0.1) is 6.61 Å². The van der Waals surface area contributed by atoms with Gasteiger partial charge in [-0.2, -0.15) is 0 Å². The van der Waals surface area contributed by atoms with Crippen LogP contribution in [0.5, 0.6) is 0 Å². The van der Waals surface area contributed by atoms with Gasteiger partial charge in [0.2, 0.25) is 53.2 Å². The molecule has 2 saturated heterocycles. The molecule has 5 N–H and O–H groups in total. The van der Waals surface area contributed by atoms with Crippen molar-refractivity contribution in [2.45, 2.75) is 71.8 Å². The molecule has 2 heterocycles. The molecular formula is C30H47N7O10. The monoisotopic (exact) mass is 665 g/mol. The van der Waals surface area contributed by atoms with Gasteiger partial charge >= 0.3 is 0 Å². The predicted octanol–water partition coefficient (Wildman–Crippen LogP) is -2.29. The lowest BCUT2D eigenvalue weighted by Gasteiger charge is -2.19. The minimum absolute atomic E-state index is 0.0121. The molecule has 17 heteroatoms. The third-order valence-corrected chi connectivity index (χ3v) is 7.51. The average Bonchev–Trinajstić information content (AvgIpc) is 3.40. The SMILES string of the molecule is CCOCCC(=O)NC(CC(=O)NCCNC(=O)CCN1C(=O)CC(C)C1=O)CC(=O)NCCNC(=O)CCN1C(=O)CC(C)C1=O. The van der Waals surface area contributed by atoms with Gasteiger partial charge < -0.3 is 31.3 Å². The van der Waals surface area contributed by atoms with Gasteiger partial charge in [-0.25, -0.2) is 0 Å². The van der Waals surface area contributed by atoms with E-state index in [1.54, 1.807) is 20.8 Å². The number of likely N-dealkylation sites (tertiary alicyclic amines) is 2. The smallest absolute Gasteiger partial charge is 0.232 e. The Kier molecular flexibility index (Phi) is 16.5. The summed E-state index contributed by atoms with van der Waals surface area (Å²) in [6.45, 7) is 5.98. The van der Waals surface area contributed by atoms with E-state index >= 15 is 0 Å². The van der Waals surface area contributed by atoms with Crippen LogP contribution in [0.4, 0.5) is 0 Å². The number of carbonyl (C=O) groups is 9. The lowest BCUT2D eigenvalue weighted by molar-refractivity contribution is -0.141. The fourth-order valence-corrected chi connectivity index (χ4v) is 4.95. The summed E-state index contributed by atoms with van der Waals surface area (Å²) >= 11 is 0. The highest BCUT2D eigenvalue weighted by Gasteiger charge is 2.36. The molecule has 0 aromatic carbocycles.